The van der Waals surface area contributed by atoms with E-state index in [4.69, 9.17) is 4.74 Å². The molecule has 0 aliphatic heterocycles. The molecule has 1 aromatic carbocycles. The van der Waals surface area contributed by atoms with Gasteiger partial charge in [-0.2, -0.15) is 5.10 Å². The van der Waals surface area contributed by atoms with Crippen molar-refractivity contribution >= 4 is 17.7 Å². The van der Waals surface area contributed by atoms with Gasteiger partial charge < -0.3 is 15.0 Å². The first kappa shape index (κ1) is 21.5. The zero-order chi connectivity index (χ0) is 21.1. The van der Waals surface area contributed by atoms with Crippen LogP contribution >= 0.6 is 0 Å². The molecule has 0 aliphatic carbocycles. The number of nitrogens with zero attached hydrogens (tertiary/aromatic N) is 3. The van der Waals surface area contributed by atoms with Gasteiger partial charge in [0.1, 0.15) is 5.60 Å². The Labute approximate surface area is 166 Å². The van der Waals surface area contributed by atoms with Crippen LogP contribution in [0.1, 0.15) is 43.3 Å². The third kappa shape index (κ3) is 5.58. The minimum atomic E-state index is -0.557. The van der Waals surface area contributed by atoms with Crippen LogP contribution in [0.3, 0.4) is 0 Å². The number of ether oxygens (including phenoxy) is 1. The fourth-order valence-corrected chi connectivity index (χ4v) is 2.87. The van der Waals surface area contributed by atoms with E-state index in [1.807, 2.05) is 65.9 Å². The van der Waals surface area contributed by atoms with Gasteiger partial charge in [0.25, 0.3) is 0 Å². The third-order valence-electron chi connectivity index (χ3n) is 4.40. The predicted octanol–water partition coefficient (Wildman–Crippen LogP) is 3.59. The van der Waals surface area contributed by atoms with Gasteiger partial charge in [0, 0.05) is 31.0 Å². The number of hydrogen-bond acceptors (Lipinski definition) is 4. The van der Waals surface area contributed by atoms with Crippen LogP contribution in [0.2, 0.25) is 0 Å². The SMILES string of the molecule is Cc1nn(C)c(C)c1CC(=O)Nc1ccccc1CN(C)C(=O)OC(C)(C)C. The number of benzene rings is 1. The lowest BCUT2D eigenvalue weighted by molar-refractivity contribution is -0.115. The Bertz CT molecular complexity index is 865. The highest BCUT2D eigenvalue weighted by molar-refractivity contribution is 5.93. The number of aromatic nitrogens is 2. The van der Waals surface area contributed by atoms with Gasteiger partial charge in [-0.1, -0.05) is 18.2 Å². The minimum Gasteiger partial charge on any atom is -0.444 e. The van der Waals surface area contributed by atoms with Crippen LogP contribution in [0, 0.1) is 13.8 Å². The summed E-state index contributed by atoms with van der Waals surface area (Å²) in [5.74, 6) is -0.119. The maximum Gasteiger partial charge on any atom is 0.410 e. The van der Waals surface area contributed by atoms with Crippen molar-refractivity contribution in [2.24, 2.45) is 7.05 Å². The van der Waals surface area contributed by atoms with Gasteiger partial charge in [0.05, 0.1) is 18.7 Å². The zero-order valence-corrected chi connectivity index (χ0v) is 17.8. The molecule has 0 saturated carbocycles. The van der Waals surface area contributed by atoms with Crippen molar-refractivity contribution in [1.82, 2.24) is 14.7 Å². The molecule has 1 heterocycles. The maximum atomic E-state index is 12.6. The van der Waals surface area contributed by atoms with E-state index in [0.717, 1.165) is 22.5 Å². The van der Waals surface area contributed by atoms with Crippen molar-refractivity contribution in [2.75, 3.05) is 12.4 Å². The first-order valence-electron chi connectivity index (χ1n) is 9.29. The summed E-state index contributed by atoms with van der Waals surface area (Å²) >= 11 is 0. The normalized spacial score (nSPS) is 11.2. The quantitative estimate of drug-likeness (QED) is 0.852. The Hall–Kier alpha value is -2.83. The molecule has 0 spiro atoms. The van der Waals surface area contributed by atoms with Crippen molar-refractivity contribution in [3.63, 3.8) is 0 Å². The number of anilines is 1. The lowest BCUT2D eigenvalue weighted by Crippen LogP contribution is -2.34. The predicted molar refractivity (Wildman–Crippen MR) is 109 cm³/mol. The van der Waals surface area contributed by atoms with Gasteiger partial charge in [0.15, 0.2) is 0 Å². The Morgan fingerprint density at radius 3 is 2.43 bits per heavy atom. The highest BCUT2D eigenvalue weighted by Gasteiger charge is 2.21. The van der Waals surface area contributed by atoms with Gasteiger partial charge >= 0.3 is 6.09 Å². The molecule has 1 aromatic heterocycles. The van der Waals surface area contributed by atoms with E-state index < -0.39 is 11.7 Å². The molecule has 0 fully saturated rings. The fourth-order valence-electron chi connectivity index (χ4n) is 2.87. The molecule has 0 aliphatic rings. The molecule has 7 nitrogen and oxygen atoms in total. The average Bonchev–Trinajstić information content (AvgIpc) is 2.81. The molecule has 28 heavy (non-hydrogen) atoms. The molecule has 0 unspecified atom stereocenters. The molecule has 2 amide bonds. The molecule has 2 aromatic rings. The summed E-state index contributed by atoms with van der Waals surface area (Å²) in [5.41, 5.74) is 3.73. The summed E-state index contributed by atoms with van der Waals surface area (Å²) in [5, 5.41) is 7.32. The van der Waals surface area contributed by atoms with Crippen LogP contribution in [-0.4, -0.2) is 39.3 Å². The number of nitrogens with one attached hydrogen (secondary N) is 1. The summed E-state index contributed by atoms with van der Waals surface area (Å²) in [6.07, 6.45) is -0.155. The van der Waals surface area contributed by atoms with Gasteiger partial charge in [0.2, 0.25) is 5.91 Å². The summed E-state index contributed by atoms with van der Waals surface area (Å²) in [4.78, 5) is 26.3. The van der Waals surface area contributed by atoms with Gasteiger partial charge in [-0.05, 0) is 46.2 Å². The van der Waals surface area contributed by atoms with E-state index in [-0.39, 0.29) is 12.3 Å². The molecule has 152 valence electrons. The lowest BCUT2D eigenvalue weighted by atomic mass is 10.1. The van der Waals surface area contributed by atoms with E-state index in [1.54, 1.807) is 11.7 Å². The Kier molecular flexibility index (Phi) is 6.48. The topological polar surface area (TPSA) is 76.5 Å². The van der Waals surface area contributed by atoms with Crippen molar-refractivity contribution in [3.05, 3.63) is 46.8 Å². The second-order valence-corrected chi connectivity index (χ2v) is 7.99. The molecule has 0 saturated heterocycles. The molecular formula is C21H30N4O3. The van der Waals surface area contributed by atoms with Crippen LogP contribution in [0.4, 0.5) is 10.5 Å². The molecule has 2 rings (SSSR count). The number of aryl methyl sites for hydroxylation is 2. The molecule has 0 radical (unpaired) electrons. The first-order chi connectivity index (χ1) is 13.0. The first-order valence-corrected chi connectivity index (χ1v) is 9.29. The Morgan fingerprint density at radius 1 is 1.21 bits per heavy atom. The van der Waals surface area contributed by atoms with Crippen LogP contribution in [-0.2, 0) is 29.5 Å². The lowest BCUT2D eigenvalue weighted by Gasteiger charge is -2.25. The number of para-hydroxylation sites is 1. The number of amides is 2. The van der Waals surface area contributed by atoms with E-state index in [2.05, 4.69) is 10.4 Å². The molecular weight excluding hydrogens is 356 g/mol. The standard InChI is InChI=1S/C21H30N4O3/c1-14-17(15(2)25(7)23-14)12-19(26)22-18-11-9-8-10-16(18)13-24(6)20(27)28-21(3,4)5/h8-11H,12-13H2,1-7H3,(H,22,26). The Balaban J connectivity index is 2.09. The van der Waals surface area contributed by atoms with Gasteiger partial charge in [-0.25, -0.2) is 4.79 Å². The van der Waals surface area contributed by atoms with E-state index in [1.165, 1.54) is 4.90 Å². The van der Waals surface area contributed by atoms with Gasteiger partial charge in [-0.15, -0.1) is 0 Å². The van der Waals surface area contributed by atoms with E-state index >= 15 is 0 Å². The summed E-state index contributed by atoms with van der Waals surface area (Å²) in [6.45, 7) is 9.67. The van der Waals surface area contributed by atoms with Crippen LogP contribution < -0.4 is 5.32 Å². The molecule has 1 N–H and O–H groups in total. The highest BCUT2D eigenvalue weighted by Crippen LogP contribution is 2.20. The highest BCUT2D eigenvalue weighted by atomic mass is 16.6. The maximum absolute atomic E-state index is 12.6. The average molecular weight is 386 g/mol. The van der Waals surface area contributed by atoms with Crippen molar-refractivity contribution in [3.8, 4) is 0 Å². The van der Waals surface area contributed by atoms with Crippen LogP contribution in [0.5, 0.6) is 0 Å². The van der Waals surface area contributed by atoms with Crippen LogP contribution in [0.25, 0.3) is 0 Å². The Morgan fingerprint density at radius 2 is 1.86 bits per heavy atom. The zero-order valence-electron chi connectivity index (χ0n) is 17.8. The molecule has 0 bridgehead atoms. The summed E-state index contributed by atoms with van der Waals surface area (Å²) in [7, 11) is 3.54. The largest absolute Gasteiger partial charge is 0.444 e. The second-order valence-electron chi connectivity index (χ2n) is 7.99. The van der Waals surface area contributed by atoms with Crippen molar-refractivity contribution < 1.29 is 14.3 Å². The summed E-state index contributed by atoms with van der Waals surface area (Å²) < 4.78 is 7.17. The molecule has 0 atom stereocenters. The van der Waals surface area contributed by atoms with E-state index in [0.29, 0.717) is 12.2 Å². The smallest absolute Gasteiger partial charge is 0.410 e. The van der Waals surface area contributed by atoms with Crippen molar-refractivity contribution in [1.29, 1.82) is 0 Å². The van der Waals surface area contributed by atoms with E-state index in [9.17, 15) is 9.59 Å². The second kappa shape index (κ2) is 8.46. The number of rotatable bonds is 5. The monoisotopic (exact) mass is 386 g/mol. The third-order valence-corrected chi connectivity index (χ3v) is 4.40. The fraction of sp³-hybridized carbons (Fsp3) is 0.476. The number of carbonyl (C=O) groups is 2. The van der Waals surface area contributed by atoms with Gasteiger partial charge in [-0.3, -0.25) is 9.48 Å². The number of hydrogen-bond donors (Lipinski definition) is 1. The van der Waals surface area contributed by atoms with Crippen molar-refractivity contribution in [2.45, 2.75) is 53.2 Å². The molecule has 7 heteroatoms. The van der Waals surface area contributed by atoms with Crippen LogP contribution in [0.15, 0.2) is 24.3 Å². The minimum absolute atomic E-state index is 0.119. The summed E-state index contributed by atoms with van der Waals surface area (Å²) in [6, 6.07) is 7.45. The number of carbonyl (C=O) groups excluding carboxylic acids is 2.